The van der Waals surface area contributed by atoms with Gasteiger partial charge in [0.05, 0.1) is 31.3 Å². The number of aromatic nitrogens is 2. The van der Waals surface area contributed by atoms with Crippen LogP contribution < -0.4 is 15.2 Å². The lowest BCUT2D eigenvalue weighted by Gasteiger charge is -2.26. The molecule has 2 heterocycles. The minimum atomic E-state index is -0.0636. The number of nitrogens with zero attached hydrogens (tertiary/aromatic N) is 3. The molecule has 0 spiro atoms. The number of likely N-dealkylation sites (tertiary alicyclic amines) is 1. The normalized spacial score (nSPS) is 16.1. The SMILES string of the molecule is CCn1c(=O)n(CCC(=O)N2CCC[C@H]2c2ccc(OC)cc2OC)c2ccccc21. The highest BCUT2D eigenvalue weighted by Gasteiger charge is 2.32. The van der Waals surface area contributed by atoms with Crippen LogP contribution in [0.3, 0.4) is 0 Å². The number of carbonyl (C=O) groups is 1. The number of methoxy groups -OCH3 is 2. The molecule has 0 unspecified atom stereocenters. The number of benzene rings is 2. The molecule has 1 aromatic heterocycles. The maximum Gasteiger partial charge on any atom is 0.329 e. The smallest absolute Gasteiger partial charge is 0.329 e. The Bertz CT molecular complexity index is 1150. The molecular weight excluding hydrogens is 394 g/mol. The number of hydrogen-bond donors (Lipinski definition) is 0. The predicted molar refractivity (Wildman–Crippen MR) is 120 cm³/mol. The van der Waals surface area contributed by atoms with Gasteiger partial charge >= 0.3 is 5.69 Å². The number of fused-ring (bicyclic) bond motifs is 1. The van der Waals surface area contributed by atoms with E-state index in [9.17, 15) is 9.59 Å². The molecule has 0 radical (unpaired) electrons. The third-order valence-corrected chi connectivity index (χ3v) is 6.16. The second-order valence-corrected chi connectivity index (χ2v) is 7.77. The van der Waals surface area contributed by atoms with Gasteiger partial charge in [0.2, 0.25) is 5.91 Å². The molecule has 31 heavy (non-hydrogen) atoms. The van der Waals surface area contributed by atoms with Crippen LogP contribution in [-0.2, 0) is 17.9 Å². The summed E-state index contributed by atoms with van der Waals surface area (Å²) in [5, 5.41) is 0. The molecule has 1 aliphatic rings. The molecule has 1 amide bonds. The van der Waals surface area contributed by atoms with E-state index >= 15 is 0 Å². The maximum atomic E-state index is 13.2. The van der Waals surface area contributed by atoms with Crippen LogP contribution in [0.2, 0.25) is 0 Å². The predicted octanol–water partition coefficient (Wildman–Crippen LogP) is 3.59. The zero-order valence-corrected chi connectivity index (χ0v) is 18.3. The summed E-state index contributed by atoms with van der Waals surface area (Å²) in [5.74, 6) is 1.51. The number of hydrogen-bond acceptors (Lipinski definition) is 4. The standard InChI is InChI=1S/C24H29N3O4/c1-4-25-20-8-5-6-9-21(20)27(24(25)29)15-13-23(28)26-14-7-10-19(26)18-12-11-17(30-2)16-22(18)31-3/h5-6,8-9,11-12,16,19H,4,7,10,13-15H2,1-3H3/t19-/m0/s1. The van der Waals surface area contributed by atoms with Crippen LogP contribution in [0.4, 0.5) is 0 Å². The summed E-state index contributed by atoms with van der Waals surface area (Å²) in [6.07, 6.45) is 2.12. The average Bonchev–Trinajstić information content (AvgIpc) is 3.39. The van der Waals surface area contributed by atoms with Gasteiger partial charge in [-0.05, 0) is 44.0 Å². The number of aryl methyl sites for hydroxylation is 2. The highest BCUT2D eigenvalue weighted by molar-refractivity contribution is 5.78. The van der Waals surface area contributed by atoms with Gasteiger partial charge in [0.25, 0.3) is 0 Å². The molecule has 1 aliphatic heterocycles. The van der Waals surface area contributed by atoms with Crippen LogP contribution in [0.25, 0.3) is 11.0 Å². The van der Waals surface area contributed by atoms with E-state index in [0.717, 1.165) is 40.9 Å². The van der Waals surface area contributed by atoms with Crippen molar-refractivity contribution in [3.8, 4) is 11.5 Å². The molecule has 0 aliphatic carbocycles. The topological polar surface area (TPSA) is 65.7 Å². The van der Waals surface area contributed by atoms with Crippen LogP contribution >= 0.6 is 0 Å². The fraction of sp³-hybridized carbons (Fsp3) is 0.417. The molecule has 1 atom stereocenters. The minimum Gasteiger partial charge on any atom is -0.497 e. The van der Waals surface area contributed by atoms with Crippen LogP contribution in [0.5, 0.6) is 11.5 Å². The highest BCUT2D eigenvalue weighted by atomic mass is 16.5. The second kappa shape index (κ2) is 8.88. The van der Waals surface area contributed by atoms with Gasteiger partial charge in [-0.15, -0.1) is 0 Å². The number of rotatable bonds is 7. The summed E-state index contributed by atoms with van der Waals surface area (Å²) in [4.78, 5) is 28.0. The van der Waals surface area contributed by atoms with Crippen LogP contribution in [0, 0.1) is 0 Å². The number of amides is 1. The van der Waals surface area contributed by atoms with Crippen LogP contribution in [-0.4, -0.2) is 40.7 Å². The van der Waals surface area contributed by atoms with Crippen LogP contribution in [0.1, 0.15) is 37.8 Å². The van der Waals surface area contributed by atoms with E-state index in [-0.39, 0.29) is 24.1 Å². The van der Waals surface area contributed by atoms with Gasteiger partial charge in [0.1, 0.15) is 11.5 Å². The fourth-order valence-electron chi connectivity index (χ4n) is 4.63. The third kappa shape index (κ3) is 3.80. The summed E-state index contributed by atoms with van der Waals surface area (Å²) >= 11 is 0. The lowest BCUT2D eigenvalue weighted by atomic mass is 10.0. The van der Waals surface area contributed by atoms with Gasteiger partial charge in [-0.25, -0.2) is 4.79 Å². The van der Waals surface area contributed by atoms with Crippen molar-refractivity contribution in [1.82, 2.24) is 14.0 Å². The Kier molecular flexibility index (Phi) is 6.02. The molecule has 4 rings (SSSR count). The van der Waals surface area contributed by atoms with E-state index in [2.05, 4.69) is 0 Å². The van der Waals surface area contributed by atoms with Crippen molar-refractivity contribution in [2.24, 2.45) is 0 Å². The Labute approximate surface area is 181 Å². The second-order valence-electron chi connectivity index (χ2n) is 7.77. The summed E-state index contributed by atoms with van der Waals surface area (Å²) in [7, 11) is 3.26. The molecule has 3 aromatic rings. The van der Waals surface area contributed by atoms with E-state index in [0.29, 0.717) is 19.6 Å². The average molecular weight is 424 g/mol. The first-order chi connectivity index (χ1) is 15.1. The van der Waals surface area contributed by atoms with E-state index in [1.54, 1.807) is 23.4 Å². The Morgan fingerprint density at radius 3 is 2.48 bits per heavy atom. The monoisotopic (exact) mass is 423 g/mol. The van der Waals surface area contributed by atoms with Gasteiger partial charge in [-0.2, -0.15) is 0 Å². The minimum absolute atomic E-state index is 0.0259. The molecule has 0 bridgehead atoms. The lowest BCUT2D eigenvalue weighted by Crippen LogP contribution is -2.32. The number of para-hydroxylation sites is 2. The van der Waals surface area contributed by atoms with E-state index < -0.39 is 0 Å². The number of imidazole rings is 1. The van der Waals surface area contributed by atoms with Crippen molar-refractivity contribution >= 4 is 16.9 Å². The first-order valence-electron chi connectivity index (χ1n) is 10.8. The Morgan fingerprint density at radius 2 is 1.81 bits per heavy atom. The molecule has 7 nitrogen and oxygen atoms in total. The lowest BCUT2D eigenvalue weighted by molar-refractivity contribution is -0.132. The first-order valence-corrected chi connectivity index (χ1v) is 10.8. The zero-order chi connectivity index (χ0) is 22.0. The van der Waals surface area contributed by atoms with Gasteiger partial charge in [-0.3, -0.25) is 13.9 Å². The summed E-state index contributed by atoms with van der Waals surface area (Å²) < 4.78 is 14.3. The van der Waals surface area contributed by atoms with Crippen LogP contribution in [0.15, 0.2) is 47.3 Å². The summed E-state index contributed by atoms with van der Waals surface area (Å²) in [6, 6.07) is 13.5. The molecule has 0 saturated carbocycles. The van der Waals surface area contributed by atoms with Crippen molar-refractivity contribution in [1.29, 1.82) is 0 Å². The number of carbonyl (C=O) groups excluding carboxylic acids is 1. The molecule has 1 saturated heterocycles. The maximum absolute atomic E-state index is 13.2. The molecule has 164 valence electrons. The quantitative estimate of drug-likeness (QED) is 0.583. The molecule has 1 fully saturated rings. The van der Waals surface area contributed by atoms with E-state index in [4.69, 9.17) is 9.47 Å². The van der Waals surface area contributed by atoms with Crippen molar-refractivity contribution in [3.63, 3.8) is 0 Å². The fourth-order valence-corrected chi connectivity index (χ4v) is 4.63. The largest absolute Gasteiger partial charge is 0.497 e. The van der Waals surface area contributed by atoms with Gasteiger partial charge in [0, 0.05) is 37.7 Å². The van der Waals surface area contributed by atoms with Gasteiger partial charge < -0.3 is 14.4 Å². The van der Waals surface area contributed by atoms with E-state index in [1.165, 1.54) is 0 Å². The number of ether oxygens (including phenoxy) is 2. The third-order valence-electron chi connectivity index (χ3n) is 6.16. The molecule has 2 aromatic carbocycles. The Morgan fingerprint density at radius 1 is 1.06 bits per heavy atom. The Hall–Kier alpha value is -3.22. The molecule has 0 N–H and O–H groups in total. The van der Waals surface area contributed by atoms with Crippen molar-refractivity contribution in [2.45, 2.75) is 45.3 Å². The van der Waals surface area contributed by atoms with Crippen molar-refractivity contribution in [2.75, 3.05) is 20.8 Å². The van der Waals surface area contributed by atoms with E-state index in [1.807, 2.05) is 54.3 Å². The molecular formula is C24H29N3O4. The van der Waals surface area contributed by atoms with Gasteiger partial charge in [-0.1, -0.05) is 12.1 Å². The highest BCUT2D eigenvalue weighted by Crippen LogP contribution is 2.39. The first kappa shape index (κ1) is 21.0. The summed E-state index contributed by atoms with van der Waals surface area (Å²) in [6.45, 7) is 3.64. The van der Waals surface area contributed by atoms with Crippen molar-refractivity contribution < 1.29 is 14.3 Å². The molecule has 7 heteroatoms. The zero-order valence-electron chi connectivity index (χ0n) is 18.3. The Balaban J connectivity index is 1.55. The van der Waals surface area contributed by atoms with Crippen molar-refractivity contribution in [3.05, 3.63) is 58.5 Å². The summed E-state index contributed by atoms with van der Waals surface area (Å²) in [5.41, 5.74) is 2.71. The van der Waals surface area contributed by atoms with Gasteiger partial charge in [0.15, 0.2) is 0 Å².